The number of benzene rings is 1. The third-order valence-corrected chi connectivity index (χ3v) is 4.57. The number of alkyl halides is 3. The summed E-state index contributed by atoms with van der Waals surface area (Å²) in [7, 11) is 0. The lowest BCUT2D eigenvalue weighted by Crippen LogP contribution is -2.38. The first-order chi connectivity index (χ1) is 12.2. The Morgan fingerprint density at radius 2 is 1.96 bits per heavy atom. The molecule has 0 radical (unpaired) electrons. The van der Waals surface area contributed by atoms with E-state index in [4.69, 9.17) is 4.74 Å². The van der Waals surface area contributed by atoms with Gasteiger partial charge in [0.2, 0.25) is 0 Å². The maximum absolute atomic E-state index is 13.1. The molecule has 0 amide bonds. The largest absolute Gasteiger partial charge is 0.466 e. The van der Waals surface area contributed by atoms with Gasteiger partial charge in [-0.1, -0.05) is 19.9 Å². The van der Waals surface area contributed by atoms with Crippen LogP contribution >= 0.6 is 0 Å². The highest BCUT2D eigenvalue weighted by atomic mass is 19.4. The van der Waals surface area contributed by atoms with Gasteiger partial charge in [0, 0.05) is 31.4 Å². The molecule has 146 valence electrons. The fourth-order valence-corrected chi connectivity index (χ4v) is 3.11. The number of rotatable bonds is 6. The molecule has 4 nitrogen and oxygen atoms in total. The molecule has 0 bridgehead atoms. The number of hydrogen-bond acceptors (Lipinski definition) is 4. The van der Waals surface area contributed by atoms with Crippen molar-refractivity contribution < 1.29 is 22.7 Å². The number of ether oxygens (including phenoxy) is 1. The Morgan fingerprint density at radius 1 is 1.31 bits per heavy atom. The summed E-state index contributed by atoms with van der Waals surface area (Å²) in [5.41, 5.74) is 0.782. The van der Waals surface area contributed by atoms with Crippen LogP contribution in [0.2, 0.25) is 0 Å². The fraction of sp³-hybridized carbons (Fsp3) is 0.632. The number of piperidine rings is 1. The molecule has 1 aliphatic rings. The van der Waals surface area contributed by atoms with E-state index in [1.54, 1.807) is 13.0 Å². The number of anilines is 1. The maximum atomic E-state index is 13.1. The van der Waals surface area contributed by atoms with Crippen molar-refractivity contribution in [3.05, 3.63) is 29.3 Å². The van der Waals surface area contributed by atoms with Crippen LogP contribution in [-0.4, -0.2) is 31.7 Å². The van der Waals surface area contributed by atoms with Gasteiger partial charge in [-0.3, -0.25) is 4.79 Å². The number of carbonyl (C=O) groups excluding carboxylic acids is 1. The molecule has 0 unspecified atom stereocenters. The first-order valence-corrected chi connectivity index (χ1v) is 9.07. The molecule has 1 fully saturated rings. The predicted octanol–water partition coefficient (Wildman–Crippen LogP) is 3.98. The molecule has 2 rings (SSSR count). The first kappa shape index (κ1) is 20.6. The highest BCUT2D eigenvalue weighted by Gasteiger charge is 2.33. The van der Waals surface area contributed by atoms with Gasteiger partial charge >= 0.3 is 12.1 Å². The summed E-state index contributed by atoms with van der Waals surface area (Å²) in [4.78, 5) is 13.8. The van der Waals surface area contributed by atoms with E-state index in [-0.39, 0.29) is 17.9 Å². The smallest absolute Gasteiger partial charge is 0.416 e. The number of halogens is 3. The quantitative estimate of drug-likeness (QED) is 0.767. The Labute approximate surface area is 152 Å². The first-order valence-electron chi connectivity index (χ1n) is 9.07. The number of esters is 1. The van der Waals surface area contributed by atoms with E-state index < -0.39 is 11.7 Å². The van der Waals surface area contributed by atoms with E-state index in [9.17, 15) is 18.0 Å². The number of nitrogens with zero attached hydrogens (tertiary/aromatic N) is 1. The minimum absolute atomic E-state index is 0.172. The molecule has 0 spiro atoms. The van der Waals surface area contributed by atoms with Crippen molar-refractivity contribution in [2.24, 2.45) is 5.92 Å². The second-order valence-electron chi connectivity index (χ2n) is 6.89. The van der Waals surface area contributed by atoms with Gasteiger partial charge in [0.25, 0.3) is 0 Å². The highest BCUT2D eigenvalue weighted by molar-refractivity contribution is 5.73. The van der Waals surface area contributed by atoms with Crippen LogP contribution in [0.4, 0.5) is 18.9 Å². The number of carbonyl (C=O) groups is 1. The third-order valence-electron chi connectivity index (χ3n) is 4.57. The van der Waals surface area contributed by atoms with E-state index in [1.807, 2.05) is 18.7 Å². The molecule has 0 aromatic heterocycles. The van der Waals surface area contributed by atoms with Crippen molar-refractivity contribution in [1.29, 1.82) is 0 Å². The van der Waals surface area contributed by atoms with Gasteiger partial charge in [-0.05, 0) is 37.5 Å². The molecule has 1 heterocycles. The second kappa shape index (κ2) is 8.75. The number of nitrogens with one attached hydrogen (secondary N) is 1. The lowest BCUT2D eigenvalue weighted by atomic mass is 9.95. The molecule has 7 heteroatoms. The van der Waals surface area contributed by atoms with Gasteiger partial charge in [0.1, 0.15) is 0 Å². The molecular weight excluding hydrogens is 345 g/mol. The minimum Gasteiger partial charge on any atom is -0.466 e. The molecule has 26 heavy (non-hydrogen) atoms. The Bertz CT molecular complexity index is 609. The Kier molecular flexibility index (Phi) is 6.92. The van der Waals surface area contributed by atoms with E-state index in [2.05, 4.69) is 5.32 Å². The lowest BCUT2D eigenvalue weighted by molar-refractivity contribution is -0.148. The van der Waals surface area contributed by atoms with Crippen LogP contribution < -0.4 is 10.2 Å². The van der Waals surface area contributed by atoms with Crippen molar-refractivity contribution >= 4 is 11.7 Å². The second-order valence-corrected chi connectivity index (χ2v) is 6.89. The molecular formula is C19H27F3N2O2. The van der Waals surface area contributed by atoms with Gasteiger partial charge in [0.05, 0.1) is 18.1 Å². The van der Waals surface area contributed by atoms with Crippen molar-refractivity contribution in [3.63, 3.8) is 0 Å². The van der Waals surface area contributed by atoms with E-state index in [0.717, 1.165) is 11.6 Å². The molecule has 1 saturated heterocycles. The standard InChI is InChI=1S/C19H27F3N2O2/c1-4-26-18(25)14-7-9-24(10-8-14)17-11-16(19(20,21)22)6-5-15(17)12-23-13(2)3/h5-6,11,13-14,23H,4,7-10,12H2,1-3H3. The van der Waals surface area contributed by atoms with E-state index in [1.165, 1.54) is 6.07 Å². The molecule has 1 aromatic carbocycles. The summed E-state index contributed by atoms with van der Waals surface area (Å²) in [5.74, 6) is -0.382. The van der Waals surface area contributed by atoms with E-state index in [0.29, 0.717) is 44.8 Å². The molecule has 0 atom stereocenters. The summed E-state index contributed by atoms with van der Waals surface area (Å²) in [6.45, 7) is 7.69. The lowest BCUT2D eigenvalue weighted by Gasteiger charge is -2.34. The fourth-order valence-electron chi connectivity index (χ4n) is 3.11. The molecule has 0 saturated carbocycles. The molecule has 1 aromatic rings. The van der Waals surface area contributed by atoms with Crippen LogP contribution in [0.15, 0.2) is 18.2 Å². The highest BCUT2D eigenvalue weighted by Crippen LogP contribution is 2.35. The van der Waals surface area contributed by atoms with Gasteiger partial charge in [-0.25, -0.2) is 0 Å². The normalized spacial score (nSPS) is 16.2. The third kappa shape index (κ3) is 5.37. The van der Waals surface area contributed by atoms with Crippen LogP contribution in [0.25, 0.3) is 0 Å². The summed E-state index contributed by atoms with van der Waals surface area (Å²) >= 11 is 0. The minimum atomic E-state index is -4.37. The van der Waals surface area contributed by atoms with E-state index >= 15 is 0 Å². The van der Waals surface area contributed by atoms with Gasteiger partial charge < -0.3 is 15.0 Å². The Morgan fingerprint density at radius 3 is 2.50 bits per heavy atom. The predicted molar refractivity (Wildman–Crippen MR) is 95.0 cm³/mol. The summed E-state index contributed by atoms with van der Waals surface area (Å²) < 4.78 is 44.5. The van der Waals surface area contributed by atoms with Crippen molar-refractivity contribution in [2.45, 2.75) is 52.4 Å². The van der Waals surface area contributed by atoms with Crippen LogP contribution in [0.1, 0.15) is 44.7 Å². The van der Waals surface area contributed by atoms with Crippen LogP contribution in [-0.2, 0) is 22.3 Å². The summed E-state index contributed by atoms with van der Waals surface area (Å²) in [6.07, 6.45) is -3.19. The van der Waals surface area contributed by atoms with Crippen molar-refractivity contribution in [1.82, 2.24) is 5.32 Å². The van der Waals surface area contributed by atoms with Gasteiger partial charge in [-0.2, -0.15) is 13.2 Å². The van der Waals surface area contributed by atoms with Gasteiger partial charge in [-0.15, -0.1) is 0 Å². The zero-order valence-corrected chi connectivity index (χ0v) is 15.5. The molecule has 0 aliphatic carbocycles. The van der Waals surface area contributed by atoms with Crippen LogP contribution in [0, 0.1) is 5.92 Å². The topological polar surface area (TPSA) is 41.6 Å². The monoisotopic (exact) mass is 372 g/mol. The maximum Gasteiger partial charge on any atom is 0.416 e. The van der Waals surface area contributed by atoms with Gasteiger partial charge in [0.15, 0.2) is 0 Å². The van der Waals surface area contributed by atoms with Crippen LogP contribution in [0.5, 0.6) is 0 Å². The Balaban J connectivity index is 2.18. The summed E-state index contributed by atoms with van der Waals surface area (Å²) in [5, 5.41) is 3.26. The SMILES string of the molecule is CCOC(=O)C1CCN(c2cc(C(F)(F)F)ccc2CNC(C)C)CC1. The molecule has 1 aliphatic heterocycles. The average molecular weight is 372 g/mol. The summed E-state index contributed by atoms with van der Waals surface area (Å²) in [6, 6.07) is 4.14. The zero-order valence-electron chi connectivity index (χ0n) is 15.5. The van der Waals surface area contributed by atoms with Crippen molar-refractivity contribution in [2.75, 3.05) is 24.6 Å². The average Bonchev–Trinajstić information content (AvgIpc) is 2.59. The number of hydrogen-bond donors (Lipinski definition) is 1. The zero-order chi connectivity index (χ0) is 19.3. The van der Waals surface area contributed by atoms with Crippen molar-refractivity contribution in [3.8, 4) is 0 Å². The van der Waals surface area contributed by atoms with Crippen LogP contribution in [0.3, 0.4) is 0 Å². The molecule has 1 N–H and O–H groups in total. The Hall–Kier alpha value is -1.76.